The van der Waals surface area contributed by atoms with Gasteiger partial charge >= 0.3 is 0 Å². The van der Waals surface area contributed by atoms with Crippen molar-refractivity contribution in [2.24, 2.45) is 22.9 Å². The normalized spacial score (nSPS) is 12.3. The zero-order chi connectivity index (χ0) is 66.3. The Morgan fingerprint density at radius 1 is 0.242 bits per heavy atom. The monoisotopic (exact) mass is 1290 g/mol. The second-order valence-electron chi connectivity index (χ2n) is 29.8. The number of carbonyl (C=O) groups excluding carboxylic acids is 1. The van der Waals surface area contributed by atoms with Gasteiger partial charge in [0.1, 0.15) is 0 Å². The van der Waals surface area contributed by atoms with Crippen molar-refractivity contribution in [3.05, 3.63) is 0 Å². The van der Waals surface area contributed by atoms with Gasteiger partial charge in [-0.1, -0.05) is 426 Å². The predicted octanol–water partition coefficient (Wildman–Crippen LogP) is 26.1. The lowest BCUT2D eigenvalue weighted by Gasteiger charge is -2.26. The number of unbranched alkanes of at least 4 members (excludes halogenated alkanes) is 62. The van der Waals surface area contributed by atoms with Crippen molar-refractivity contribution in [3.8, 4) is 0 Å². The highest BCUT2D eigenvalue weighted by Crippen LogP contribution is 2.20. The molecule has 91 heavy (non-hydrogen) atoms. The average molecular weight is 1290 g/mol. The SMILES string of the molecule is CCCCCCCCCCCCCCCCCCN(CCCCCCCCCCCCCCCCCC)C(=O)C(N)CCCCN.CCCCCCCCCCCCCCCCCCN(CCCCCCCCCCCCCCCCCC)CC(N)CCCCN. The van der Waals surface area contributed by atoms with Crippen LogP contribution < -0.4 is 22.9 Å². The summed E-state index contributed by atoms with van der Waals surface area (Å²) in [5.74, 6) is 0.180. The highest BCUT2D eigenvalue weighted by atomic mass is 16.2. The highest BCUT2D eigenvalue weighted by Gasteiger charge is 2.20. The topological polar surface area (TPSA) is 128 Å². The fraction of sp³-hybridized carbons (Fsp3) is 0.988. The zero-order valence-electron chi connectivity index (χ0n) is 63.7. The zero-order valence-corrected chi connectivity index (χ0v) is 63.7. The molecule has 0 fully saturated rings. The largest absolute Gasteiger partial charge is 0.341 e. The minimum Gasteiger partial charge on any atom is -0.341 e. The van der Waals surface area contributed by atoms with Crippen molar-refractivity contribution >= 4 is 5.91 Å². The van der Waals surface area contributed by atoms with Gasteiger partial charge in [-0.3, -0.25) is 4.79 Å². The van der Waals surface area contributed by atoms with Crippen LogP contribution in [0.5, 0.6) is 0 Å². The van der Waals surface area contributed by atoms with E-state index in [1.165, 1.54) is 418 Å². The molecule has 0 saturated carbocycles. The van der Waals surface area contributed by atoms with Gasteiger partial charge in [-0.25, -0.2) is 0 Å². The molecule has 0 aromatic carbocycles. The van der Waals surface area contributed by atoms with Gasteiger partial charge in [0.15, 0.2) is 0 Å². The molecule has 7 nitrogen and oxygen atoms in total. The van der Waals surface area contributed by atoms with Gasteiger partial charge in [0.2, 0.25) is 5.91 Å². The summed E-state index contributed by atoms with van der Waals surface area (Å²) < 4.78 is 0. The third-order valence-electron chi connectivity index (χ3n) is 20.3. The van der Waals surface area contributed by atoms with Crippen LogP contribution in [-0.4, -0.2) is 73.6 Å². The van der Waals surface area contributed by atoms with Crippen LogP contribution in [0.3, 0.4) is 0 Å². The number of amides is 1. The van der Waals surface area contributed by atoms with E-state index in [9.17, 15) is 4.79 Å². The van der Waals surface area contributed by atoms with E-state index in [0.717, 1.165) is 71.1 Å². The Labute approximate surface area is 575 Å². The maximum Gasteiger partial charge on any atom is 0.239 e. The minimum absolute atomic E-state index is 0.180. The molecule has 0 spiro atoms. The van der Waals surface area contributed by atoms with Crippen LogP contribution in [0.4, 0.5) is 0 Å². The van der Waals surface area contributed by atoms with Crippen LogP contribution >= 0.6 is 0 Å². The smallest absolute Gasteiger partial charge is 0.239 e. The van der Waals surface area contributed by atoms with Crippen molar-refractivity contribution in [1.29, 1.82) is 0 Å². The lowest BCUT2D eigenvalue weighted by Crippen LogP contribution is -2.44. The summed E-state index contributed by atoms with van der Waals surface area (Å²) in [6.45, 7) is 16.1. The highest BCUT2D eigenvalue weighted by molar-refractivity contribution is 5.81. The molecule has 2 atom stereocenters. The molecule has 548 valence electrons. The molecular formula is C84H176N6O. The molecule has 0 aliphatic rings. The van der Waals surface area contributed by atoms with E-state index < -0.39 is 0 Å². The molecule has 0 heterocycles. The third kappa shape index (κ3) is 78.2. The van der Waals surface area contributed by atoms with Gasteiger partial charge in [0.25, 0.3) is 0 Å². The molecule has 0 rings (SSSR count). The van der Waals surface area contributed by atoms with Gasteiger partial charge < -0.3 is 32.7 Å². The molecule has 8 N–H and O–H groups in total. The molecule has 0 aromatic rings. The van der Waals surface area contributed by atoms with E-state index >= 15 is 0 Å². The van der Waals surface area contributed by atoms with E-state index in [1.807, 2.05) is 0 Å². The van der Waals surface area contributed by atoms with Crippen LogP contribution in [0.25, 0.3) is 0 Å². The standard InChI is InChI=1S/C42H87N3O.C42H89N3/c1-3-5-7-9-11-13-15-17-19-21-23-25-27-29-31-35-39-45(42(46)41(44)37-33-34-38-43)40-36-32-30-28-26-24-22-20-18-16-14-12-10-8-6-4-2;1-3-5-7-9-11-13-15-17-19-21-23-25-27-29-31-35-39-45(41-42(44)37-33-34-38-43)40-36-32-30-28-26-24-22-20-18-16-14-12-10-8-6-4-2/h41H,3-40,43-44H2,1-2H3;42H,3-41,43-44H2,1-2H3. The van der Waals surface area contributed by atoms with Crippen molar-refractivity contribution in [3.63, 3.8) is 0 Å². The van der Waals surface area contributed by atoms with Gasteiger partial charge in [-0.05, 0) is 77.5 Å². The van der Waals surface area contributed by atoms with Gasteiger partial charge in [0.05, 0.1) is 6.04 Å². The van der Waals surface area contributed by atoms with E-state index in [0.29, 0.717) is 12.6 Å². The summed E-state index contributed by atoms with van der Waals surface area (Å²) in [4.78, 5) is 18.0. The van der Waals surface area contributed by atoms with Crippen molar-refractivity contribution in [2.75, 3.05) is 45.8 Å². The number of carbonyl (C=O) groups is 1. The Bertz CT molecular complexity index is 1210. The maximum absolute atomic E-state index is 13.2. The van der Waals surface area contributed by atoms with E-state index in [2.05, 4.69) is 37.5 Å². The van der Waals surface area contributed by atoms with Gasteiger partial charge in [0, 0.05) is 25.7 Å². The average Bonchev–Trinajstić information content (AvgIpc) is 3.69. The molecule has 2 unspecified atom stereocenters. The third-order valence-corrected chi connectivity index (χ3v) is 20.3. The van der Waals surface area contributed by atoms with E-state index in [-0.39, 0.29) is 11.9 Å². The van der Waals surface area contributed by atoms with Gasteiger partial charge in [-0.15, -0.1) is 0 Å². The van der Waals surface area contributed by atoms with Crippen LogP contribution in [0.2, 0.25) is 0 Å². The Balaban J connectivity index is 0. The molecule has 0 radical (unpaired) electrons. The first-order valence-electron chi connectivity index (χ1n) is 42.8. The van der Waals surface area contributed by atoms with E-state index in [4.69, 9.17) is 22.9 Å². The number of nitrogens with two attached hydrogens (primary N) is 4. The lowest BCUT2D eigenvalue weighted by molar-refractivity contribution is -0.133. The van der Waals surface area contributed by atoms with Crippen molar-refractivity contribution in [1.82, 2.24) is 9.80 Å². The molecule has 0 saturated heterocycles. The molecule has 0 bridgehead atoms. The summed E-state index contributed by atoms with van der Waals surface area (Å²) in [6.07, 6.45) is 96.3. The quantitative estimate of drug-likeness (QED) is 0.0449. The van der Waals surface area contributed by atoms with Crippen LogP contribution in [0.15, 0.2) is 0 Å². The van der Waals surface area contributed by atoms with Gasteiger partial charge in [-0.2, -0.15) is 0 Å². The fourth-order valence-electron chi connectivity index (χ4n) is 13.9. The predicted molar refractivity (Wildman–Crippen MR) is 413 cm³/mol. The summed E-state index contributed by atoms with van der Waals surface area (Å²) >= 11 is 0. The maximum atomic E-state index is 13.2. The molecular weight excluding hydrogens is 1110 g/mol. The first-order valence-corrected chi connectivity index (χ1v) is 42.8. The number of hydrogen-bond donors (Lipinski definition) is 4. The molecule has 1 amide bonds. The second kappa shape index (κ2) is 83.5. The Morgan fingerprint density at radius 3 is 0.637 bits per heavy atom. The second-order valence-corrected chi connectivity index (χ2v) is 29.8. The van der Waals surface area contributed by atoms with E-state index in [1.54, 1.807) is 0 Å². The number of nitrogens with zero attached hydrogens (tertiary/aromatic N) is 2. The Hall–Kier alpha value is -0.730. The Kier molecular flexibility index (Phi) is 84.7. The molecule has 0 aliphatic heterocycles. The van der Waals surface area contributed by atoms with Crippen LogP contribution in [0.1, 0.15) is 477 Å². The van der Waals surface area contributed by atoms with Crippen molar-refractivity contribution < 1.29 is 4.79 Å². The number of rotatable bonds is 79. The first kappa shape index (κ1) is 92.3. The lowest BCUT2D eigenvalue weighted by atomic mass is 10.0. The molecule has 7 heteroatoms. The minimum atomic E-state index is -0.353. The number of hydrogen-bond acceptors (Lipinski definition) is 6. The van der Waals surface area contributed by atoms with Crippen LogP contribution in [-0.2, 0) is 4.79 Å². The summed E-state index contributed by atoms with van der Waals surface area (Å²) in [5.41, 5.74) is 24.3. The fourth-order valence-corrected chi connectivity index (χ4v) is 13.9. The van der Waals surface area contributed by atoms with Crippen molar-refractivity contribution in [2.45, 2.75) is 489 Å². The Morgan fingerprint density at radius 2 is 0.429 bits per heavy atom. The summed E-state index contributed by atoms with van der Waals surface area (Å²) in [6, 6.07) is -0.0349. The first-order chi connectivity index (χ1) is 44.9. The summed E-state index contributed by atoms with van der Waals surface area (Å²) in [5, 5.41) is 0. The summed E-state index contributed by atoms with van der Waals surface area (Å²) in [7, 11) is 0. The van der Waals surface area contributed by atoms with Crippen LogP contribution in [0, 0.1) is 0 Å². The molecule has 0 aliphatic carbocycles. The molecule has 0 aromatic heterocycles.